The summed E-state index contributed by atoms with van der Waals surface area (Å²) in [6, 6.07) is 0. The van der Waals surface area contributed by atoms with Crippen molar-refractivity contribution < 1.29 is 0 Å². The molecule has 10 heavy (non-hydrogen) atoms. The quantitative estimate of drug-likeness (QED) is 0.522. The summed E-state index contributed by atoms with van der Waals surface area (Å²) in [6.45, 7) is 0. The Bertz CT molecular complexity index is 99.4. The van der Waals surface area contributed by atoms with Gasteiger partial charge in [-0.3, -0.25) is 0 Å². The summed E-state index contributed by atoms with van der Waals surface area (Å²) < 4.78 is 0. The Labute approximate surface area is 83.8 Å². The molecule has 1 fully saturated rings. The Balaban J connectivity index is 0. The zero-order valence-corrected chi connectivity index (χ0v) is 8.93. The highest BCUT2D eigenvalue weighted by Gasteiger charge is 2.25. The molecule has 0 aromatic rings. The lowest BCUT2D eigenvalue weighted by Crippen LogP contribution is -1.82. The number of hydrogen-bond donors (Lipinski definition) is 0. The molecule has 2 atom stereocenters. The smallest absolute Gasteiger partial charge is 0.0228 e. The molecule has 0 aromatic carbocycles. The molecule has 1 saturated carbocycles. The van der Waals surface area contributed by atoms with Crippen molar-refractivity contribution in [1.29, 1.82) is 0 Å². The Morgan fingerprint density at radius 3 is 1.30 bits per heavy atom. The highest BCUT2D eigenvalue weighted by atomic mass is 32.1. The summed E-state index contributed by atoms with van der Waals surface area (Å²) in [6.07, 6.45) is 9.19. The van der Waals surface area contributed by atoms with Gasteiger partial charge in [-0.25, -0.2) is 0 Å². The van der Waals surface area contributed by atoms with Crippen molar-refractivity contribution in [3.05, 3.63) is 12.2 Å². The predicted molar refractivity (Wildman–Crippen MR) is 61.1 cm³/mol. The first kappa shape index (κ1) is 13.4. The normalized spacial score (nSPS) is 32.0. The molecule has 3 heteroatoms. The Kier molecular flexibility index (Phi) is 7.28. The third kappa shape index (κ3) is 2.44. The van der Waals surface area contributed by atoms with Crippen LogP contribution in [-0.2, 0) is 0 Å². The van der Waals surface area contributed by atoms with Crippen LogP contribution >= 0.6 is 40.5 Å². The zero-order chi connectivity index (χ0) is 4.69. The van der Waals surface area contributed by atoms with E-state index >= 15 is 0 Å². The van der Waals surface area contributed by atoms with Crippen LogP contribution in [0.2, 0.25) is 0 Å². The summed E-state index contributed by atoms with van der Waals surface area (Å²) in [4.78, 5) is 0. The molecule has 0 spiro atoms. The molecular weight excluding hydrogens is 180 g/mol. The summed E-state index contributed by atoms with van der Waals surface area (Å²) in [5.41, 5.74) is 0. The molecule has 0 aliphatic heterocycles. The van der Waals surface area contributed by atoms with E-state index in [4.69, 9.17) is 0 Å². The van der Waals surface area contributed by atoms with Gasteiger partial charge in [0.2, 0.25) is 0 Å². The van der Waals surface area contributed by atoms with Crippen molar-refractivity contribution >= 4 is 40.5 Å². The van der Waals surface area contributed by atoms with Gasteiger partial charge in [0.25, 0.3) is 0 Å². The SMILES string of the molecule is C1=CC2CCC1C2.S.S.S. The van der Waals surface area contributed by atoms with Gasteiger partial charge in [-0.1, -0.05) is 12.2 Å². The Hall–Kier alpha value is 0.790. The van der Waals surface area contributed by atoms with Gasteiger partial charge in [0.05, 0.1) is 0 Å². The molecule has 2 unspecified atom stereocenters. The van der Waals surface area contributed by atoms with Gasteiger partial charge in [-0.15, -0.1) is 0 Å². The van der Waals surface area contributed by atoms with Gasteiger partial charge in [-0.2, -0.15) is 40.5 Å². The van der Waals surface area contributed by atoms with Crippen molar-refractivity contribution in [2.45, 2.75) is 19.3 Å². The predicted octanol–water partition coefficient (Wildman–Crippen LogP) is 2.31. The minimum absolute atomic E-state index is 0. The Morgan fingerprint density at radius 1 is 0.800 bits per heavy atom. The fraction of sp³-hybridized carbons (Fsp3) is 0.714. The average molecular weight is 196 g/mol. The van der Waals surface area contributed by atoms with Crippen LogP contribution in [0.1, 0.15) is 19.3 Å². The summed E-state index contributed by atoms with van der Waals surface area (Å²) in [7, 11) is 0. The van der Waals surface area contributed by atoms with Crippen molar-refractivity contribution in [2.24, 2.45) is 11.8 Å². The minimum atomic E-state index is 0. The Morgan fingerprint density at radius 2 is 1.20 bits per heavy atom. The largest absolute Gasteiger partial charge is 0.197 e. The molecule has 0 N–H and O–H groups in total. The van der Waals surface area contributed by atoms with Crippen LogP contribution in [0.15, 0.2) is 12.2 Å². The van der Waals surface area contributed by atoms with Gasteiger partial charge in [0.1, 0.15) is 0 Å². The number of rotatable bonds is 0. The van der Waals surface area contributed by atoms with E-state index in [2.05, 4.69) is 12.2 Å². The van der Waals surface area contributed by atoms with Crippen molar-refractivity contribution in [3.8, 4) is 0 Å². The molecule has 0 heterocycles. The zero-order valence-electron chi connectivity index (χ0n) is 5.93. The molecule has 2 bridgehead atoms. The van der Waals surface area contributed by atoms with E-state index in [0.717, 1.165) is 11.8 Å². The lowest BCUT2D eigenvalue weighted by molar-refractivity contribution is 0.691. The summed E-state index contributed by atoms with van der Waals surface area (Å²) >= 11 is 0. The molecule has 0 amide bonds. The van der Waals surface area contributed by atoms with Gasteiger partial charge in [0.15, 0.2) is 0 Å². The third-order valence-electron chi connectivity index (χ3n) is 2.17. The van der Waals surface area contributed by atoms with E-state index < -0.39 is 0 Å². The fourth-order valence-corrected chi connectivity index (χ4v) is 1.72. The molecule has 0 radical (unpaired) electrons. The lowest BCUT2D eigenvalue weighted by Gasteiger charge is -1.96. The second kappa shape index (κ2) is 5.44. The third-order valence-corrected chi connectivity index (χ3v) is 2.17. The lowest BCUT2D eigenvalue weighted by atomic mass is 10.1. The van der Waals surface area contributed by atoms with Gasteiger partial charge >= 0.3 is 0 Å². The first-order chi connectivity index (χ1) is 3.45. The maximum atomic E-state index is 2.38. The number of hydrogen-bond acceptors (Lipinski definition) is 0. The molecule has 2 rings (SSSR count). The summed E-state index contributed by atoms with van der Waals surface area (Å²) in [5, 5.41) is 0. The standard InChI is InChI=1S/C7H10.3H2S/c1-2-7-4-3-6(1)5-7;;;/h1-2,6-7H,3-5H2;3*1H2. The van der Waals surface area contributed by atoms with Crippen LogP contribution in [0.5, 0.6) is 0 Å². The highest BCUT2D eigenvalue weighted by Crippen LogP contribution is 2.38. The van der Waals surface area contributed by atoms with Crippen LogP contribution in [0, 0.1) is 11.8 Å². The highest BCUT2D eigenvalue weighted by molar-refractivity contribution is 7.59. The van der Waals surface area contributed by atoms with Crippen LogP contribution in [0.4, 0.5) is 0 Å². The molecule has 2 aliphatic rings. The van der Waals surface area contributed by atoms with Crippen molar-refractivity contribution in [3.63, 3.8) is 0 Å². The molecule has 0 aromatic heterocycles. The molecular formula is C7H16S3. The topological polar surface area (TPSA) is 0 Å². The van der Waals surface area contributed by atoms with Crippen LogP contribution in [0.25, 0.3) is 0 Å². The molecule has 0 nitrogen and oxygen atoms in total. The van der Waals surface area contributed by atoms with Gasteiger partial charge in [-0.05, 0) is 31.1 Å². The maximum Gasteiger partial charge on any atom is -0.0228 e. The van der Waals surface area contributed by atoms with Crippen LogP contribution < -0.4 is 0 Å². The average Bonchev–Trinajstić information content (AvgIpc) is 2.22. The molecule has 2 aliphatic carbocycles. The summed E-state index contributed by atoms with van der Waals surface area (Å²) in [5.74, 6) is 1.98. The molecule has 62 valence electrons. The van der Waals surface area contributed by atoms with E-state index in [-0.39, 0.29) is 40.5 Å². The van der Waals surface area contributed by atoms with E-state index in [0.29, 0.717) is 0 Å². The number of fused-ring (bicyclic) bond motifs is 2. The fourth-order valence-electron chi connectivity index (χ4n) is 1.72. The van der Waals surface area contributed by atoms with Crippen molar-refractivity contribution in [2.75, 3.05) is 0 Å². The maximum absolute atomic E-state index is 2.38. The minimum Gasteiger partial charge on any atom is -0.197 e. The van der Waals surface area contributed by atoms with E-state index in [1.807, 2.05) is 0 Å². The van der Waals surface area contributed by atoms with Crippen LogP contribution in [-0.4, -0.2) is 0 Å². The van der Waals surface area contributed by atoms with E-state index in [9.17, 15) is 0 Å². The second-order valence-electron chi connectivity index (χ2n) is 2.72. The monoisotopic (exact) mass is 196 g/mol. The first-order valence-electron chi connectivity index (χ1n) is 3.13. The first-order valence-corrected chi connectivity index (χ1v) is 3.13. The number of allylic oxidation sites excluding steroid dienone is 2. The van der Waals surface area contributed by atoms with Crippen molar-refractivity contribution in [1.82, 2.24) is 0 Å². The van der Waals surface area contributed by atoms with E-state index in [1.54, 1.807) is 0 Å². The van der Waals surface area contributed by atoms with E-state index in [1.165, 1.54) is 19.3 Å². The second-order valence-corrected chi connectivity index (χ2v) is 2.72. The molecule has 0 saturated heterocycles. The van der Waals surface area contributed by atoms with Crippen LogP contribution in [0.3, 0.4) is 0 Å². The van der Waals surface area contributed by atoms with Gasteiger partial charge < -0.3 is 0 Å². The van der Waals surface area contributed by atoms with Gasteiger partial charge in [0, 0.05) is 0 Å².